The van der Waals surface area contributed by atoms with Crippen molar-refractivity contribution in [2.45, 2.75) is 0 Å². The van der Waals surface area contributed by atoms with Crippen molar-refractivity contribution in [2.24, 2.45) is 0 Å². The van der Waals surface area contributed by atoms with Crippen molar-refractivity contribution in [3.05, 3.63) is 158 Å². The molecule has 0 N–H and O–H groups in total. The van der Waals surface area contributed by atoms with Crippen LogP contribution in [0.1, 0.15) is 0 Å². The van der Waals surface area contributed by atoms with Crippen molar-refractivity contribution in [1.82, 2.24) is 0 Å². The Morgan fingerprint density at radius 2 is 0.591 bits per heavy atom. The predicted molar refractivity (Wildman–Crippen MR) is 191 cm³/mol. The third-order valence-corrected chi connectivity index (χ3v) is 9.72. The molecule has 44 heavy (non-hydrogen) atoms. The second-order valence-corrected chi connectivity index (χ2v) is 12.0. The Balaban J connectivity index is 1.52. The maximum atomic E-state index is 2.38. The van der Waals surface area contributed by atoms with Crippen LogP contribution < -0.4 is 0 Å². The van der Waals surface area contributed by atoms with Crippen LogP contribution in [0.4, 0.5) is 0 Å². The Bertz CT molecular complexity index is 2570. The van der Waals surface area contributed by atoms with E-state index >= 15 is 0 Å². The molecule has 0 amide bonds. The summed E-state index contributed by atoms with van der Waals surface area (Å²) in [5.74, 6) is 0. The van der Waals surface area contributed by atoms with E-state index in [1.165, 1.54) is 97.7 Å². The van der Waals surface area contributed by atoms with E-state index in [1.807, 2.05) is 0 Å². The zero-order valence-corrected chi connectivity index (χ0v) is 24.0. The molecule has 0 spiro atoms. The van der Waals surface area contributed by atoms with E-state index < -0.39 is 0 Å². The fourth-order valence-electron chi connectivity index (χ4n) is 7.84. The van der Waals surface area contributed by atoms with Crippen LogP contribution >= 0.6 is 0 Å². The topological polar surface area (TPSA) is 0 Å². The van der Waals surface area contributed by atoms with Crippen LogP contribution in [-0.4, -0.2) is 0 Å². The van der Waals surface area contributed by atoms with Crippen molar-refractivity contribution in [2.75, 3.05) is 0 Å². The predicted octanol–water partition coefficient (Wildman–Crippen LogP) is 12.5. The van der Waals surface area contributed by atoms with Crippen molar-refractivity contribution in [3.8, 4) is 22.3 Å². The van der Waals surface area contributed by atoms with Gasteiger partial charge in [-0.3, -0.25) is 0 Å². The van der Waals surface area contributed by atoms with Crippen molar-refractivity contribution < 1.29 is 0 Å². The lowest BCUT2D eigenvalue weighted by Gasteiger charge is -2.23. The Kier molecular flexibility index (Phi) is 4.81. The zero-order valence-electron chi connectivity index (χ0n) is 24.0. The van der Waals surface area contributed by atoms with Gasteiger partial charge in [0.05, 0.1) is 0 Å². The normalized spacial score (nSPS) is 12.1. The van der Waals surface area contributed by atoms with Gasteiger partial charge in [-0.2, -0.15) is 0 Å². The van der Waals surface area contributed by atoms with Crippen LogP contribution in [0.15, 0.2) is 158 Å². The molecule has 0 heteroatoms. The first-order chi connectivity index (χ1) is 21.8. The smallest absolute Gasteiger partial charge is 0.000741 e. The number of hydrogen-bond donors (Lipinski definition) is 0. The highest BCUT2D eigenvalue weighted by Crippen LogP contribution is 2.51. The van der Waals surface area contributed by atoms with Crippen LogP contribution in [0.5, 0.6) is 0 Å². The highest BCUT2D eigenvalue weighted by molar-refractivity contribution is 6.41. The van der Waals surface area contributed by atoms with Crippen molar-refractivity contribution in [1.29, 1.82) is 0 Å². The lowest BCUT2D eigenvalue weighted by molar-refractivity contribution is 1.69. The van der Waals surface area contributed by atoms with Gasteiger partial charge in [0.1, 0.15) is 0 Å². The zero-order chi connectivity index (χ0) is 28.8. The summed E-state index contributed by atoms with van der Waals surface area (Å²) in [6, 6.07) is 58.7. The summed E-state index contributed by atoms with van der Waals surface area (Å²) >= 11 is 0. The van der Waals surface area contributed by atoms with Gasteiger partial charge in [0, 0.05) is 0 Å². The second kappa shape index (κ2) is 8.89. The minimum absolute atomic E-state index is 1.25. The Morgan fingerprint density at radius 3 is 1.07 bits per heavy atom. The van der Waals surface area contributed by atoms with E-state index in [2.05, 4.69) is 158 Å². The van der Waals surface area contributed by atoms with E-state index in [9.17, 15) is 0 Å². The summed E-state index contributed by atoms with van der Waals surface area (Å²) in [5, 5.41) is 18.2. The quantitative estimate of drug-likeness (QED) is 0.147. The molecule has 0 nitrogen and oxygen atoms in total. The molecule has 10 aromatic carbocycles. The summed E-state index contributed by atoms with van der Waals surface area (Å²) in [5.41, 5.74) is 5.13. The fraction of sp³-hybridized carbons (Fsp3) is 0. The Labute approximate surface area is 254 Å². The van der Waals surface area contributed by atoms with E-state index in [0.29, 0.717) is 0 Å². The number of benzene rings is 10. The lowest BCUT2D eigenvalue weighted by Crippen LogP contribution is -1.95. The summed E-state index contributed by atoms with van der Waals surface area (Å²) in [7, 11) is 0. The molecule has 0 aliphatic rings. The van der Waals surface area contributed by atoms with Gasteiger partial charge in [-0.15, -0.1) is 0 Å². The average Bonchev–Trinajstić information content (AvgIpc) is 3.09. The van der Waals surface area contributed by atoms with Crippen LogP contribution in [0.3, 0.4) is 0 Å². The van der Waals surface area contributed by atoms with E-state index in [-0.39, 0.29) is 0 Å². The van der Waals surface area contributed by atoms with Gasteiger partial charge in [-0.1, -0.05) is 146 Å². The Hall–Kier alpha value is -5.72. The molecule has 0 unspecified atom stereocenters. The number of hydrogen-bond acceptors (Lipinski definition) is 0. The maximum absolute atomic E-state index is 2.38. The molecule has 0 atom stereocenters. The Morgan fingerprint density at radius 1 is 0.227 bits per heavy atom. The molecule has 0 saturated heterocycles. The van der Waals surface area contributed by atoms with Gasteiger partial charge in [-0.25, -0.2) is 0 Å². The second-order valence-electron chi connectivity index (χ2n) is 12.0. The first kappa shape index (κ1) is 23.8. The van der Waals surface area contributed by atoms with Crippen LogP contribution in [-0.2, 0) is 0 Å². The molecule has 0 radical (unpaired) electrons. The number of fused-ring (bicyclic) bond motifs is 6. The fourth-order valence-corrected chi connectivity index (χ4v) is 7.84. The molecular formula is C44H26. The number of rotatable bonds is 2. The SMILES string of the molecule is c1ccc2cc(-c3c4ccccc4c(-c4ccc5ccccc5c4)c4c5cccc6ccc7cccc(c34)c7c65)ccc2c1. The average molecular weight is 555 g/mol. The minimum atomic E-state index is 1.25. The van der Waals surface area contributed by atoms with Gasteiger partial charge in [0.2, 0.25) is 0 Å². The van der Waals surface area contributed by atoms with Crippen LogP contribution in [0.2, 0.25) is 0 Å². The van der Waals surface area contributed by atoms with Gasteiger partial charge in [-0.05, 0) is 110 Å². The molecule has 0 heterocycles. The maximum Gasteiger partial charge on any atom is -0.000741 e. The van der Waals surface area contributed by atoms with Gasteiger partial charge in [0.15, 0.2) is 0 Å². The standard InChI is InChI=1S/C44H26/c1-3-11-31-25-33(23-19-27(31)9-1)41-35-15-5-6-16-36(35)42(34-24-20-28-10-2-4-12-32(28)26-34)44-38-18-8-14-30-22-21-29-13-7-17-37(43(41)44)39(29)40(30)38/h1-26H. The summed E-state index contributed by atoms with van der Waals surface area (Å²) in [6.07, 6.45) is 0. The van der Waals surface area contributed by atoms with Gasteiger partial charge >= 0.3 is 0 Å². The molecule has 10 rings (SSSR count). The monoisotopic (exact) mass is 554 g/mol. The van der Waals surface area contributed by atoms with Crippen molar-refractivity contribution in [3.63, 3.8) is 0 Å². The molecular weight excluding hydrogens is 528 g/mol. The van der Waals surface area contributed by atoms with Gasteiger partial charge < -0.3 is 0 Å². The molecule has 0 aliphatic carbocycles. The van der Waals surface area contributed by atoms with E-state index in [0.717, 1.165) is 0 Å². The van der Waals surface area contributed by atoms with Crippen LogP contribution in [0.25, 0.3) is 97.7 Å². The van der Waals surface area contributed by atoms with E-state index in [1.54, 1.807) is 0 Å². The lowest BCUT2D eigenvalue weighted by atomic mass is 9.80. The third-order valence-electron chi connectivity index (χ3n) is 9.72. The molecule has 0 bridgehead atoms. The molecule has 0 fully saturated rings. The van der Waals surface area contributed by atoms with Crippen molar-refractivity contribution >= 4 is 75.4 Å². The minimum Gasteiger partial charge on any atom is -0.0616 e. The summed E-state index contributed by atoms with van der Waals surface area (Å²) in [4.78, 5) is 0. The van der Waals surface area contributed by atoms with Gasteiger partial charge in [0.25, 0.3) is 0 Å². The largest absolute Gasteiger partial charge is 0.0616 e. The molecule has 0 saturated carbocycles. The van der Waals surface area contributed by atoms with Crippen LogP contribution in [0, 0.1) is 0 Å². The molecule has 0 aliphatic heterocycles. The van der Waals surface area contributed by atoms with E-state index in [4.69, 9.17) is 0 Å². The first-order valence-corrected chi connectivity index (χ1v) is 15.4. The highest BCUT2D eigenvalue weighted by atomic mass is 14.3. The first-order valence-electron chi connectivity index (χ1n) is 15.4. The summed E-state index contributed by atoms with van der Waals surface area (Å²) in [6.45, 7) is 0. The molecule has 10 aromatic rings. The molecule has 202 valence electrons. The summed E-state index contributed by atoms with van der Waals surface area (Å²) < 4.78 is 0. The molecule has 0 aromatic heterocycles. The third kappa shape index (κ3) is 3.23. The highest BCUT2D eigenvalue weighted by Gasteiger charge is 2.23.